The maximum Gasteiger partial charge on any atom is 0.228 e. The molecule has 0 saturated heterocycles. The van der Waals surface area contributed by atoms with Gasteiger partial charge in [0, 0.05) is 35.5 Å². The Hall–Kier alpha value is -2.79. The minimum absolute atomic E-state index is 0.0133. The molecule has 3 rings (SSSR count). The van der Waals surface area contributed by atoms with Crippen LogP contribution in [0.4, 0.5) is 5.82 Å². The van der Waals surface area contributed by atoms with Crippen LogP contribution in [0.15, 0.2) is 41.5 Å². The van der Waals surface area contributed by atoms with Crippen LogP contribution in [-0.2, 0) is 11.3 Å². The highest BCUT2D eigenvalue weighted by molar-refractivity contribution is 5.92. The number of hydrogen-bond donors (Lipinski definition) is 1. The third kappa shape index (κ3) is 5.18. The second kappa shape index (κ2) is 9.61. The van der Waals surface area contributed by atoms with Gasteiger partial charge < -0.3 is 5.32 Å². The molecule has 0 spiro atoms. The molecule has 29 heavy (non-hydrogen) atoms. The van der Waals surface area contributed by atoms with Gasteiger partial charge >= 0.3 is 0 Å². The van der Waals surface area contributed by atoms with E-state index < -0.39 is 0 Å². The zero-order valence-electron chi connectivity index (χ0n) is 17.5. The van der Waals surface area contributed by atoms with E-state index in [1.165, 1.54) is 6.42 Å². The second-order valence-electron chi connectivity index (χ2n) is 8.38. The first-order valence-electron chi connectivity index (χ1n) is 10.4. The minimum Gasteiger partial charge on any atom is -0.311 e. The van der Waals surface area contributed by atoms with Gasteiger partial charge in [0.15, 0.2) is 0 Å². The van der Waals surface area contributed by atoms with Gasteiger partial charge in [-0.3, -0.25) is 4.79 Å². The van der Waals surface area contributed by atoms with E-state index in [2.05, 4.69) is 41.2 Å². The van der Waals surface area contributed by atoms with Crippen LogP contribution in [0.2, 0.25) is 0 Å². The van der Waals surface area contributed by atoms with Crippen LogP contribution in [0.5, 0.6) is 0 Å². The molecule has 1 saturated carbocycles. The van der Waals surface area contributed by atoms with Gasteiger partial charge in [0.1, 0.15) is 5.82 Å². The number of amides is 1. The van der Waals surface area contributed by atoms with E-state index in [4.69, 9.17) is 5.53 Å². The molecular weight excluding hydrogens is 364 g/mol. The van der Waals surface area contributed by atoms with Crippen molar-refractivity contribution in [3.05, 3.63) is 46.8 Å². The van der Waals surface area contributed by atoms with E-state index in [1.54, 1.807) is 4.68 Å². The molecular formula is C22H30N6O. The van der Waals surface area contributed by atoms with Crippen molar-refractivity contribution in [1.82, 2.24) is 9.78 Å². The highest BCUT2D eigenvalue weighted by atomic mass is 16.2. The van der Waals surface area contributed by atoms with Crippen molar-refractivity contribution >= 4 is 11.7 Å². The third-order valence-electron chi connectivity index (χ3n) is 5.93. The van der Waals surface area contributed by atoms with Crippen molar-refractivity contribution in [3.63, 3.8) is 0 Å². The first-order valence-corrected chi connectivity index (χ1v) is 10.4. The molecule has 1 heterocycles. The molecule has 3 unspecified atom stereocenters. The molecule has 1 aromatic heterocycles. The predicted octanol–water partition coefficient (Wildman–Crippen LogP) is 5.51. The van der Waals surface area contributed by atoms with Crippen LogP contribution in [0.3, 0.4) is 0 Å². The van der Waals surface area contributed by atoms with Crippen LogP contribution in [0.25, 0.3) is 21.7 Å². The third-order valence-corrected chi connectivity index (χ3v) is 5.93. The van der Waals surface area contributed by atoms with Crippen molar-refractivity contribution in [2.24, 2.45) is 28.8 Å². The lowest BCUT2D eigenvalue weighted by Crippen LogP contribution is -2.37. The summed E-state index contributed by atoms with van der Waals surface area (Å²) in [5.41, 5.74) is 10.4. The summed E-state index contributed by atoms with van der Waals surface area (Å²) in [6.45, 7) is 7.34. The molecule has 1 aliphatic rings. The number of hydrogen-bond acceptors (Lipinski definition) is 3. The SMILES string of the molecule is CC1CCC(C(C)C)C(C(=O)Nc2cc(-c3ccccc3)nn2CCN=[N+]=[N-])C1. The Morgan fingerprint density at radius 2 is 2.10 bits per heavy atom. The summed E-state index contributed by atoms with van der Waals surface area (Å²) in [7, 11) is 0. The van der Waals surface area contributed by atoms with Crippen LogP contribution >= 0.6 is 0 Å². The van der Waals surface area contributed by atoms with Gasteiger partial charge in [-0.2, -0.15) is 5.10 Å². The largest absolute Gasteiger partial charge is 0.311 e. The fourth-order valence-corrected chi connectivity index (χ4v) is 4.34. The van der Waals surface area contributed by atoms with E-state index in [1.807, 2.05) is 36.4 Å². The van der Waals surface area contributed by atoms with Crippen molar-refractivity contribution in [1.29, 1.82) is 0 Å². The zero-order valence-corrected chi connectivity index (χ0v) is 17.5. The molecule has 0 aliphatic heterocycles. The molecule has 7 nitrogen and oxygen atoms in total. The summed E-state index contributed by atoms with van der Waals surface area (Å²) in [6.07, 6.45) is 3.21. The predicted molar refractivity (Wildman–Crippen MR) is 115 cm³/mol. The maximum atomic E-state index is 13.2. The Morgan fingerprint density at radius 1 is 1.34 bits per heavy atom. The van der Waals surface area contributed by atoms with Gasteiger partial charge in [0.2, 0.25) is 5.91 Å². The lowest BCUT2D eigenvalue weighted by Gasteiger charge is -2.36. The summed E-state index contributed by atoms with van der Waals surface area (Å²) >= 11 is 0. The Balaban J connectivity index is 1.84. The van der Waals surface area contributed by atoms with Gasteiger partial charge in [0.05, 0.1) is 5.69 Å². The van der Waals surface area contributed by atoms with E-state index >= 15 is 0 Å². The molecule has 0 radical (unpaired) electrons. The number of rotatable bonds is 7. The average Bonchev–Trinajstić information content (AvgIpc) is 3.11. The maximum absolute atomic E-state index is 13.2. The molecule has 3 atom stereocenters. The molecule has 2 aromatic rings. The molecule has 7 heteroatoms. The number of nitrogens with zero attached hydrogens (tertiary/aromatic N) is 5. The normalized spacial score (nSPS) is 21.6. The molecule has 0 bridgehead atoms. The molecule has 1 fully saturated rings. The Kier molecular flexibility index (Phi) is 6.94. The summed E-state index contributed by atoms with van der Waals surface area (Å²) in [4.78, 5) is 16.0. The van der Waals surface area contributed by atoms with Gasteiger partial charge in [-0.25, -0.2) is 4.68 Å². The minimum atomic E-state index is 0.0133. The van der Waals surface area contributed by atoms with E-state index in [9.17, 15) is 4.79 Å². The van der Waals surface area contributed by atoms with E-state index in [-0.39, 0.29) is 18.4 Å². The van der Waals surface area contributed by atoms with Gasteiger partial charge in [-0.05, 0) is 36.1 Å². The van der Waals surface area contributed by atoms with Crippen LogP contribution in [-0.4, -0.2) is 22.2 Å². The molecule has 1 aromatic carbocycles. The Labute approximate surface area is 172 Å². The van der Waals surface area contributed by atoms with Crippen molar-refractivity contribution in [2.75, 3.05) is 11.9 Å². The average molecular weight is 395 g/mol. The number of benzene rings is 1. The Morgan fingerprint density at radius 3 is 2.79 bits per heavy atom. The lowest BCUT2D eigenvalue weighted by atomic mass is 9.70. The summed E-state index contributed by atoms with van der Waals surface area (Å²) in [6, 6.07) is 11.8. The summed E-state index contributed by atoms with van der Waals surface area (Å²) < 4.78 is 1.73. The number of anilines is 1. The highest BCUT2D eigenvalue weighted by Gasteiger charge is 2.35. The number of azide groups is 1. The number of nitrogens with one attached hydrogen (secondary N) is 1. The molecule has 1 N–H and O–H groups in total. The van der Waals surface area contributed by atoms with E-state index in [0.717, 1.165) is 24.1 Å². The summed E-state index contributed by atoms with van der Waals surface area (Å²) in [5, 5.41) is 11.4. The van der Waals surface area contributed by atoms with Crippen LogP contribution in [0.1, 0.15) is 40.0 Å². The highest BCUT2D eigenvalue weighted by Crippen LogP contribution is 2.38. The Bertz CT molecular complexity index is 869. The number of aromatic nitrogens is 2. The smallest absolute Gasteiger partial charge is 0.228 e. The topological polar surface area (TPSA) is 95.7 Å². The first kappa shape index (κ1) is 20.9. The quantitative estimate of drug-likeness (QED) is 0.381. The van der Waals surface area contributed by atoms with Crippen LogP contribution in [0, 0.1) is 23.7 Å². The monoisotopic (exact) mass is 394 g/mol. The van der Waals surface area contributed by atoms with Gasteiger partial charge in [0.25, 0.3) is 0 Å². The van der Waals surface area contributed by atoms with Gasteiger partial charge in [-0.1, -0.05) is 62.6 Å². The van der Waals surface area contributed by atoms with E-state index in [0.29, 0.717) is 30.1 Å². The van der Waals surface area contributed by atoms with Crippen molar-refractivity contribution in [2.45, 2.75) is 46.6 Å². The summed E-state index contributed by atoms with van der Waals surface area (Å²) in [5.74, 6) is 2.18. The lowest BCUT2D eigenvalue weighted by molar-refractivity contribution is -0.124. The van der Waals surface area contributed by atoms with Crippen molar-refractivity contribution in [3.8, 4) is 11.3 Å². The fraction of sp³-hybridized carbons (Fsp3) is 0.545. The second-order valence-corrected chi connectivity index (χ2v) is 8.38. The van der Waals surface area contributed by atoms with Crippen LogP contribution < -0.4 is 5.32 Å². The zero-order chi connectivity index (χ0) is 20.8. The van der Waals surface area contributed by atoms with Gasteiger partial charge in [-0.15, -0.1) is 0 Å². The molecule has 154 valence electrons. The molecule has 1 amide bonds. The standard InChI is InChI=1S/C22H30N6O/c1-15(2)18-10-9-16(3)13-19(18)22(29)25-21-14-20(17-7-5-4-6-8-17)26-28(21)12-11-24-27-23/h4-8,14-16,18-19H,9-13H2,1-3H3,(H,25,29). The molecule has 1 aliphatic carbocycles. The van der Waals surface area contributed by atoms with Crippen molar-refractivity contribution < 1.29 is 4.79 Å². The number of carbonyl (C=O) groups excluding carboxylic acids is 1. The fourth-order valence-electron chi connectivity index (χ4n) is 4.34. The number of carbonyl (C=O) groups is 1. The first-order chi connectivity index (χ1) is 14.0.